The molecule has 5 nitrogen and oxygen atoms in total. The van der Waals surface area contributed by atoms with E-state index >= 15 is 0 Å². The Morgan fingerprint density at radius 2 is 1.97 bits per heavy atom. The normalized spacial score (nSPS) is 17.7. The van der Waals surface area contributed by atoms with Gasteiger partial charge in [-0.2, -0.15) is 13.2 Å². The summed E-state index contributed by atoms with van der Waals surface area (Å²) in [5.41, 5.74) is 0.148. The Bertz CT molecular complexity index is 1110. The monoisotopic (exact) mass is 461 g/mol. The number of hydrogen-bond acceptors (Lipinski definition) is 3. The van der Waals surface area contributed by atoms with Crippen LogP contribution in [0.2, 0.25) is 0 Å². The lowest BCUT2D eigenvalue weighted by Crippen LogP contribution is -2.49. The minimum Gasteiger partial charge on any atom is -0.466 e. The van der Waals surface area contributed by atoms with Crippen molar-refractivity contribution >= 4 is 11.9 Å². The van der Waals surface area contributed by atoms with Gasteiger partial charge in [-0.3, -0.25) is 0 Å². The van der Waals surface area contributed by atoms with Gasteiger partial charge >= 0.3 is 12.1 Å². The molecule has 1 atom stereocenters. The Kier molecular flexibility index (Phi) is 7.20. The molecule has 0 saturated heterocycles. The summed E-state index contributed by atoms with van der Waals surface area (Å²) in [4.78, 5) is 18.6. The molecule has 2 aromatic rings. The van der Waals surface area contributed by atoms with E-state index in [-0.39, 0.29) is 30.2 Å². The predicted molar refractivity (Wildman–Crippen MR) is 116 cm³/mol. The number of carbonyl (C=O) groups is 1. The first kappa shape index (κ1) is 24.0. The summed E-state index contributed by atoms with van der Waals surface area (Å²) >= 11 is 0. The summed E-state index contributed by atoms with van der Waals surface area (Å²) in [6.07, 6.45) is -3.02. The highest BCUT2D eigenvalue weighted by molar-refractivity contribution is 5.96. The molecule has 0 saturated carbocycles. The van der Waals surface area contributed by atoms with E-state index in [1.54, 1.807) is 13.0 Å². The fourth-order valence-electron chi connectivity index (χ4n) is 3.68. The van der Waals surface area contributed by atoms with Gasteiger partial charge in [0, 0.05) is 5.70 Å². The van der Waals surface area contributed by atoms with Crippen molar-refractivity contribution in [3.8, 4) is 0 Å². The van der Waals surface area contributed by atoms with Gasteiger partial charge in [0.2, 0.25) is 0 Å². The number of methoxy groups -OCH3 is 1. The number of hydrogen-bond donors (Lipinski definition) is 1. The number of nitrogens with one attached hydrogen (secondary N) is 1. The molecule has 0 amide bonds. The number of carbonyl (C=O) groups excluding carboxylic acids is 1. The maximum absolute atomic E-state index is 13.9. The number of guanidine groups is 1. The standard InChI is InChI=1S/C24H23F4N3O2/c1-4-12-29-23-30-21(16-9-7-10-18(25)13-16)20(22(32)33-3)15(2)31(23)14-17-8-5-6-11-19(17)24(26,27)28/h4-11,13,21H,1,12,14H2,2-3H3,(H,29,30). The van der Waals surface area contributed by atoms with Gasteiger partial charge in [0.25, 0.3) is 0 Å². The molecule has 174 valence electrons. The number of alkyl halides is 3. The highest BCUT2D eigenvalue weighted by Crippen LogP contribution is 2.36. The lowest BCUT2D eigenvalue weighted by Gasteiger charge is -2.38. The van der Waals surface area contributed by atoms with Gasteiger partial charge in [0.1, 0.15) is 5.82 Å². The SMILES string of the molecule is C=CCN=C1NC(c2cccc(F)c2)C(C(=O)OC)=C(C)N1Cc1ccccc1C(F)(F)F. The first-order chi connectivity index (χ1) is 15.7. The Balaban J connectivity index is 2.16. The number of rotatable bonds is 6. The van der Waals surface area contributed by atoms with Crippen molar-refractivity contribution in [3.05, 3.63) is 95.0 Å². The van der Waals surface area contributed by atoms with E-state index in [2.05, 4.69) is 16.9 Å². The van der Waals surface area contributed by atoms with Crippen molar-refractivity contribution in [1.82, 2.24) is 10.2 Å². The quantitative estimate of drug-likeness (QED) is 0.375. The smallest absolute Gasteiger partial charge is 0.416 e. The number of halogens is 4. The van der Waals surface area contributed by atoms with E-state index in [4.69, 9.17) is 4.74 Å². The van der Waals surface area contributed by atoms with E-state index in [0.717, 1.165) is 6.07 Å². The Hall–Kier alpha value is -3.62. The van der Waals surface area contributed by atoms with Gasteiger partial charge in [0.05, 0.1) is 37.4 Å². The highest BCUT2D eigenvalue weighted by atomic mass is 19.4. The van der Waals surface area contributed by atoms with Gasteiger partial charge in [-0.1, -0.05) is 36.4 Å². The molecule has 1 aliphatic rings. The van der Waals surface area contributed by atoms with E-state index in [1.807, 2.05) is 0 Å². The van der Waals surface area contributed by atoms with E-state index in [1.165, 1.54) is 54.5 Å². The molecule has 0 bridgehead atoms. The molecule has 2 aromatic carbocycles. The van der Waals surface area contributed by atoms with Crippen molar-refractivity contribution < 1.29 is 27.1 Å². The number of ether oxygens (including phenoxy) is 1. The molecule has 1 N–H and O–H groups in total. The molecule has 9 heteroatoms. The van der Waals surface area contributed by atoms with Crippen LogP contribution >= 0.6 is 0 Å². The fraction of sp³-hybridized carbons (Fsp3) is 0.250. The zero-order valence-electron chi connectivity index (χ0n) is 18.1. The van der Waals surface area contributed by atoms with Crippen LogP contribution in [0.1, 0.15) is 29.7 Å². The second-order valence-electron chi connectivity index (χ2n) is 7.32. The number of allylic oxidation sites excluding steroid dienone is 1. The van der Waals surface area contributed by atoms with Crippen LogP contribution in [0.4, 0.5) is 17.6 Å². The summed E-state index contributed by atoms with van der Waals surface area (Å²) in [5, 5.41) is 3.08. The molecule has 0 aliphatic carbocycles. The highest BCUT2D eigenvalue weighted by Gasteiger charge is 2.38. The van der Waals surface area contributed by atoms with E-state index < -0.39 is 29.6 Å². The summed E-state index contributed by atoms with van der Waals surface area (Å²) in [7, 11) is 1.20. The van der Waals surface area contributed by atoms with Crippen LogP contribution in [0.5, 0.6) is 0 Å². The average Bonchev–Trinajstić information content (AvgIpc) is 2.78. The molecule has 0 aromatic heterocycles. The lowest BCUT2D eigenvalue weighted by atomic mass is 9.94. The van der Waals surface area contributed by atoms with Gasteiger partial charge < -0.3 is 15.0 Å². The third-order valence-electron chi connectivity index (χ3n) is 5.22. The minimum absolute atomic E-state index is 0.00544. The van der Waals surface area contributed by atoms with Crippen LogP contribution in [0.25, 0.3) is 0 Å². The Morgan fingerprint density at radius 1 is 1.24 bits per heavy atom. The largest absolute Gasteiger partial charge is 0.466 e. The first-order valence-corrected chi connectivity index (χ1v) is 10.1. The topological polar surface area (TPSA) is 53.9 Å². The van der Waals surface area contributed by atoms with Gasteiger partial charge in [-0.25, -0.2) is 14.2 Å². The number of aliphatic imine (C=N–C) groups is 1. The predicted octanol–water partition coefficient (Wildman–Crippen LogP) is 4.98. The van der Waals surface area contributed by atoms with Crippen molar-refractivity contribution in [2.75, 3.05) is 13.7 Å². The van der Waals surface area contributed by atoms with E-state index in [0.29, 0.717) is 11.3 Å². The Labute approximate surface area is 189 Å². The molecular weight excluding hydrogens is 438 g/mol. The molecule has 33 heavy (non-hydrogen) atoms. The van der Waals surface area contributed by atoms with Crippen molar-refractivity contribution in [2.45, 2.75) is 25.7 Å². The van der Waals surface area contributed by atoms with Gasteiger partial charge in [-0.15, -0.1) is 6.58 Å². The second-order valence-corrected chi connectivity index (χ2v) is 7.32. The van der Waals surface area contributed by atoms with Gasteiger partial charge in [0.15, 0.2) is 5.96 Å². The summed E-state index contributed by atoms with van der Waals surface area (Å²) in [5.74, 6) is -0.959. The second kappa shape index (κ2) is 9.89. The van der Waals surface area contributed by atoms with Crippen LogP contribution in [0.3, 0.4) is 0 Å². The van der Waals surface area contributed by atoms with Crippen LogP contribution in [-0.4, -0.2) is 30.5 Å². The molecule has 0 radical (unpaired) electrons. The molecule has 0 fully saturated rings. The number of esters is 1. The first-order valence-electron chi connectivity index (χ1n) is 10.1. The summed E-state index contributed by atoms with van der Waals surface area (Å²) < 4.78 is 59.6. The maximum atomic E-state index is 13.9. The molecule has 1 aliphatic heterocycles. The summed E-state index contributed by atoms with van der Waals surface area (Å²) in [6, 6.07) is 10.1. The van der Waals surface area contributed by atoms with Crippen LogP contribution in [-0.2, 0) is 22.3 Å². The summed E-state index contributed by atoms with van der Waals surface area (Å²) in [6.45, 7) is 5.19. The van der Waals surface area contributed by atoms with Crippen LogP contribution < -0.4 is 5.32 Å². The molecular formula is C24H23F4N3O2. The van der Waals surface area contributed by atoms with Crippen molar-refractivity contribution in [2.24, 2.45) is 4.99 Å². The van der Waals surface area contributed by atoms with Crippen molar-refractivity contribution in [1.29, 1.82) is 0 Å². The Morgan fingerprint density at radius 3 is 2.61 bits per heavy atom. The molecule has 1 heterocycles. The zero-order chi connectivity index (χ0) is 24.2. The molecule has 0 spiro atoms. The maximum Gasteiger partial charge on any atom is 0.416 e. The van der Waals surface area contributed by atoms with Crippen LogP contribution in [0.15, 0.2) is 77.4 Å². The van der Waals surface area contributed by atoms with E-state index in [9.17, 15) is 22.4 Å². The fourth-order valence-corrected chi connectivity index (χ4v) is 3.68. The van der Waals surface area contributed by atoms with Crippen molar-refractivity contribution in [3.63, 3.8) is 0 Å². The molecule has 3 rings (SSSR count). The number of benzene rings is 2. The zero-order valence-corrected chi connectivity index (χ0v) is 18.1. The molecule has 1 unspecified atom stereocenters. The lowest BCUT2D eigenvalue weighted by molar-refractivity contribution is -0.139. The third-order valence-corrected chi connectivity index (χ3v) is 5.22. The third kappa shape index (κ3) is 5.24. The minimum atomic E-state index is -4.55. The van der Waals surface area contributed by atoms with Gasteiger partial charge in [-0.05, 0) is 36.2 Å². The average molecular weight is 461 g/mol. The number of nitrogens with zero attached hydrogens (tertiary/aromatic N) is 2. The van der Waals surface area contributed by atoms with Crippen LogP contribution in [0, 0.1) is 5.82 Å².